The molecule has 0 atom stereocenters. The van der Waals surface area contributed by atoms with Crippen LogP contribution in [0.25, 0.3) is 0 Å². The second kappa shape index (κ2) is 7.88. The van der Waals surface area contributed by atoms with Gasteiger partial charge in [0.2, 0.25) is 0 Å². The molecule has 5 rings (SSSR count). The summed E-state index contributed by atoms with van der Waals surface area (Å²) in [6.07, 6.45) is 6.74. The molecule has 0 saturated carbocycles. The largest absolute Gasteiger partial charge is 0.378 e. The van der Waals surface area contributed by atoms with Gasteiger partial charge in [-0.2, -0.15) is 0 Å². The number of hydrogen-bond acceptors (Lipinski definition) is 2. The lowest BCUT2D eigenvalue weighted by Crippen LogP contribution is -2.71. The fourth-order valence-corrected chi connectivity index (χ4v) is 9.87. The molecule has 3 nitrogen and oxygen atoms in total. The van der Waals surface area contributed by atoms with Crippen LogP contribution < -0.4 is 20.5 Å². The summed E-state index contributed by atoms with van der Waals surface area (Å²) in [6.45, 7) is 0. The number of allylic oxidation sites excluding steroid dienone is 4. The molecular formula is C28H28N3Si+. The summed E-state index contributed by atoms with van der Waals surface area (Å²) in [6, 6.07) is 28.9. The van der Waals surface area contributed by atoms with Gasteiger partial charge in [-0.25, -0.2) is 9.57 Å². The van der Waals surface area contributed by atoms with Gasteiger partial charge in [0.15, 0.2) is 13.8 Å². The van der Waals surface area contributed by atoms with E-state index in [1.54, 1.807) is 0 Å². The van der Waals surface area contributed by atoms with Crippen LogP contribution in [-0.4, -0.2) is 52.3 Å². The van der Waals surface area contributed by atoms with Crippen molar-refractivity contribution in [1.29, 1.82) is 0 Å². The third kappa shape index (κ3) is 3.10. The number of rotatable bonds is 3. The molecule has 0 saturated heterocycles. The van der Waals surface area contributed by atoms with E-state index in [9.17, 15) is 0 Å². The van der Waals surface area contributed by atoms with Crippen molar-refractivity contribution in [2.24, 2.45) is 4.99 Å². The van der Waals surface area contributed by atoms with E-state index in [2.05, 4.69) is 135 Å². The van der Waals surface area contributed by atoms with Gasteiger partial charge in [-0.05, 0) is 45.0 Å². The number of anilines is 1. The van der Waals surface area contributed by atoms with Crippen LogP contribution in [0.2, 0.25) is 0 Å². The van der Waals surface area contributed by atoms with Gasteiger partial charge in [0, 0.05) is 31.9 Å². The molecule has 32 heavy (non-hydrogen) atoms. The van der Waals surface area contributed by atoms with Gasteiger partial charge in [0.1, 0.15) is 14.1 Å². The smallest absolute Gasteiger partial charge is 0.199 e. The van der Waals surface area contributed by atoms with Gasteiger partial charge < -0.3 is 4.90 Å². The minimum absolute atomic E-state index is 1.08. The lowest BCUT2D eigenvalue weighted by molar-refractivity contribution is -0.462. The molecule has 1 heterocycles. The van der Waals surface area contributed by atoms with E-state index in [1.807, 2.05) is 0 Å². The van der Waals surface area contributed by atoms with Crippen molar-refractivity contribution in [3.63, 3.8) is 0 Å². The highest BCUT2D eigenvalue weighted by Gasteiger charge is 2.49. The minimum atomic E-state index is -2.58. The average molecular weight is 435 g/mol. The molecule has 1 aliphatic heterocycles. The normalized spacial score (nSPS) is 15.9. The molecule has 0 radical (unpaired) electrons. The second-order valence-corrected chi connectivity index (χ2v) is 12.5. The first-order chi connectivity index (χ1) is 15.5. The molecule has 0 fully saturated rings. The molecule has 0 aromatic heterocycles. The van der Waals surface area contributed by atoms with E-state index >= 15 is 0 Å². The second-order valence-electron chi connectivity index (χ2n) is 8.79. The van der Waals surface area contributed by atoms with Gasteiger partial charge in [0.05, 0.1) is 11.4 Å². The van der Waals surface area contributed by atoms with Crippen LogP contribution >= 0.6 is 0 Å². The summed E-state index contributed by atoms with van der Waals surface area (Å²) < 4.78 is 2.18. The molecule has 3 aromatic rings. The van der Waals surface area contributed by atoms with Gasteiger partial charge in [0.25, 0.3) is 0 Å². The van der Waals surface area contributed by atoms with Gasteiger partial charge in [-0.3, -0.25) is 0 Å². The fraction of sp³-hybridized carbons (Fsp3) is 0.143. The van der Waals surface area contributed by atoms with Crippen molar-refractivity contribution in [3.8, 4) is 0 Å². The average Bonchev–Trinajstić information content (AvgIpc) is 2.83. The highest BCUT2D eigenvalue weighted by Crippen LogP contribution is 2.32. The van der Waals surface area contributed by atoms with E-state index in [0.717, 1.165) is 11.4 Å². The number of fused-ring (bicyclic) bond motifs is 2. The quantitative estimate of drug-likeness (QED) is 0.352. The van der Waals surface area contributed by atoms with Gasteiger partial charge in [-0.15, -0.1) is 0 Å². The van der Waals surface area contributed by atoms with E-state index in [4.69, 9.17) is 4.99 Å². The van der Waals surface area contributed by atoms with Crippen LogP contribution in [0.3, 0.4) is 0 Å². The fourth-order valence-electron chi connectivity index (χ4n) is 4.84. The zero-order valence-electron chi connectivity index (χ0n) is 19.1. The van der Waals surface area contributed by atoms with Crippen LogP contribution in [0.15, 0.2) is 107 Å². The molecule has 0 spiro atoms. The first-order valence-corrected chi connectivity index (χ1v) is 13.0. The lowest BCUT2D eigenvalue weighted by atomic mass is 10.1. The van der Waals surface area contributed by atoms with Crippen LogP contribution in [0.5, 0.6) is 0 Å². The highest BCUT2D eigenvalue weighted by atomic mass is 28.3. The molecule has 4 heteroatoms. The maximum atomic E-state index is 5.15. The number of hydrogen-bond donors (Lipinski definition) is 0. The van der Waals surface area contributed by atoms with Gasteiger partial charge >= 0.3 is 0 Å². The molecule has 0 N–H and O–H groups in total. The molecule has 1 aliphatic carbocycles. The zero-order chi connectivity index (χ0) is 22.3. The molecule has 0 amide bonds. The first kappa shape index (κ1) is 20.4. The number of aliphatic imine (C=N–C) groups is 1. The summed E-state index contributed by atoms with van der Waals surface area (Å²) in [5, 5.41) is 5.47. The zero-order valence-corrected chi connectivity index (χ0v) is 20.1. The lowest BCUT2D eigenvalue weighted by Gasteiger charge is -2.40. The van der Waals surface area contributed by atoms with Crippen LogP contribution in [0.1, 0.15) is 0 Å². The Kier molecular flexibility index (Phi) is 5.02. The molecule has 0 unspecified atom stereocenters. The number of benzene rings is 3. The van der Waals surface area contributed by atoms with Crippen molar-refractivity contribution >= 4 is 46.4 Å². The van der Waals surface area contributed by atoms with Crippen LogP contribution in [-0.2, 0) is 0 Å². The summed E-state index contributed by atoms with van der Waals surface area (Å²) in [5.41, 5.74) is 4.57. The molecule has 2 aliphatic rings. The third-order valence-electron chi connectivity index (χ3n) is 6.46. The van der Waals surface area contributed by atoms with Crippen molar-refractivity contribution in [2.75, 3.05) is 33.1 Å². The SMILES string of the molecule is CN(C)c1ccc2c(c1)[Si](c1ccccc1)(c1ccccc1)C1=CC(=[N+](C)C)C=CC1=N2. The van der Waals surface area contributed by atoms with Crippen molar-refractivity contribution < 1.29 is 4.58 Å². The summed E-state index contributed by atoms with van der Waals surface area (Å²) >= 11 is 0. The Morgan fingerprint density at radius 1 is 0.781 bits per heavy atom. The molecule has 158 valence electrons. The first-order valence-electron chi connectivity index (χ1n) is 11.0. The van der Waals surface area contributed by atoms with E-state index < -0.39 is 8.07 Å². The highest BCUT2D eigenvalue weighted by molar-refractivity contribution is 7.19. The molecular weight excluding hydrogens is 406 g/mol. The Hall–Kier alpha value is -3.50. The maximum absolute atomic E-state index is 5.15. The Labute approximate surface area is 191 Å². The van der Waals surface area contributed by atoms with E-state index in [1.165, 1.54) is 32.2 Å². The Bertz CT molecular complexity index is 1260. The summed E-state index contributed by atoms with van der Waals surface area (Å²) in [5.74, 6) is 0. The van der Waals surface area contributed by atoms with Crippen LogP contribution in [0.4, 0.5) is 11.4 Å². The third-order valence-corrected chi connectivity index (χ3v) is 11.3. The topological polar surface area (TPSA) is 18.6 Å². The Morgan fingerprint density at radius 2 is 1.41 bits per heavy atom. The van der Waals surface area contributed by atoms with Crippen LogP contribution in [0, 0.1) is 0 Å². The standard InChI is InChI=1S/C28H28N3Si/c1-30(2)21-15-17-25-27(19-21)32(23-11-7-5-8-12-23,24-13-9-6-10-14-24)28-20-22(31(3)4)16-18-26(28)29-25/h5-20H,1-4H3/q+1. The van der Waals surface area contributed by atoms with Gasteiger partial charge in [-0.1, -0.05) is 60.7 Å². The predicted molar refractivity (Wildman–Crippen MR) is 140 cm³/mol. The molecule has 3 aromatic carbocycles. The van der Waals surface area contributed by atoms with Crippen molar-refractivity contribution in [2.45, 2.75) is 0 Å². The predicted octanol–water partition coefficient (Wildman–Crippen LogP) is 3.06. The molecule has 0 bridgehead atoms. The van der Waals surface area contributed by atoms with E-state index in [0.29, 0.717) is 0 Å². The monoisotopic (exact) mass is 434 g/mol. The van der Waals surface area contributed by atoms with Crippen molar-refractivity contribution in [1.82, 2.24) is 0 Å². The number of nitrogens with zero attached hydrogens (tertiary/aromatic N) is 3. The Morgan fingerprint density at radius 3 is 1.97 bits per heavy atom. The summed E-state index contributed by atoms with van der Waals surface area (Å²) in [7, 11) is 5.84. The summed E-state index contributed by atoms with van der Waals surface area (Å²) in [4.78, 5) is 7.34. The van der Waals surface area contributed by atoms with E-state index in [-0.39, 0.29) is 0 Å². The minimum Gasteiger partial charge on any atom is -0.378 e. The Balaban J connectivity index is 1.97. The maximum Gasteiger partial charge on any atom is 0.199 e. The van der Waals surface area contributed by atoms with Crippen molar-refractivity contribution in [3.05, 3.63) is 102 Å².